The summed E-state index contributed by atoms with van der Waals surface area (Å²) >= 11 is 10.1. The monoisotopic (exact) mass is 488 g/mol. The van der Waals surface area contributed by atoms with E-state index in [2.05, 4.69) is 60.1 Å². The lowest BCUT2D eigenvalue weighted by atomic mass is 10.3. The van der Waals surface area contributed by atoms with Crippen LogP contribution in [0.5, 0.6) is 0 Å². The van der Waals surface area contributed by atoms with E-state index < -0.39 is 0 Å². The Balaban J connectivity index is -0.000000256. The molecule has 0 atom stereocenters. The first kappa shape index (κ1) is 26.4. The zero-order chi connectivity index (χ0) is 16.6. The predicted octanol–water partition coefficient (Wildman–Crippen LogP) is 4.76. The van der Waals surface area contributed by atoms with Gasteiger partial charge in [-0.05, 0) is 25.7 Å². The Labute approximate surface area is 156 Å². The van der Waals surface area contributed by atoms with Crippen LogP contribution in [0, 0.1) is 24.7 Å². The maximum absolute atomic E-state index is 7.64. The Morgan fingerprint density at radius 2 is 1.19 bits per heavy atom. The highest BCUT2D eigenvalue weighted by atomic mass is 79.9. The van der Waals surface area contributed by atoms with Crippen LogP contribution in [0.15, 0.2) is 0 Å². The highest BCUT2D eigenvalue weighted by molar-refractivity contribution is 9.09. The minimum absolute atomic E-state index is 0.153. The first-order chi connectivity index (χ1) is 10.2. The Morgan fingerprint density at radius 3 is 1.52 bits per heavy atom. The van der Waals surface area contributed by atoms with Crippen LogP contribution in [0.25, 0.3) is 0 Å². The van der Waals surface area contributed by atoms with Gasteiger partial charge in [0.2, 0.25) is 0 Å². The molecule has 0 aliphatic rings. The Kier molecular flexibility index (Phi) is 40.7. The van der Waals surface area contributed by atoms with E-state index in [0.29, 0.717) is 6.61 Å². The second-order valence-corrected chi connectivity index (χ2v) is 6.19. The number of aliphatic hydroxyl groups excluding tert-OH is 1. The lowest BCUT2D eigenvalue weighted by molar-refractivity contribution is 0.162. The molecule has 0 saturated heterocycles. The summed E-state index contributed by atoms with van der Waals surface area (Å²) in [6.45, 7) is 1.10. The van der Waals surface area contributed by atoms with Crippen molar-refractivity contribution in [2.75, 3.05) is 35.8 Å². The van der Waals surface area contributed by atoms with E-state index >= 15 is 0 Å². The fourth-order valence-corrected chi connectivity index (χ4v) is 2.16. The average Bonchev–Trinajstić information content (AvgIpc) is 2.52. The van der Waals surface area contributed by atoms with Gasteiger partial charge in [-0.2, -0.15) is 0 Å². The van der Waals surface area contributed by atoms with Gasteiger partial charge in [0.25, 0.3) is 0 Å². The zero-order valence-electron chi connectivity index (χ0n) is 12.6. The fraction of sp³-hybridized carbons (Fsp3) is 0.750. The van der Waals surface area contributed by atoms with Crippen molar-refractivity contribution in [1.82, 2.24) is 0 Å². The third kappa shape index (κ3) is 44.9. The molecule has 0 heterocycles. The molecule has 5 heteroatoms. The minimum Gasteiger partial charge on any atom is -0.384 e. The molecule has 0 aromatic carbocycles. The molecule has 0 aliphatic heterocycles. The molecule has 0 unspecified atom stereocenters. The van der Waals surface area contributed by atoms with Crippen LogP contribution in [0.1, 0.15) is 38.5 Å². The standard InChI is InChI=1S/C8H13BrO.C5H10Br2.C3H4O/c1-2-7-10-8-5-3-4-6-9;6-4-2-1-3-5-7;1-2-3-4/h1H,3-8H2;1-5H2;1,4H,3H2. The predicted molar refractivity (Wildman–Crippen MR) is 105 cm³/mol. The van der Waals surface area contributed by atoms with Gasteiger partial charge in [-0.3, -0.25) is 0 Å². The fourth-order valence-electron chi connectivity index (χ4n) is 0.972. The van der Waals surface area contributed by atoms with Gasteiger partial charge in [-0.1, -0.05) is 72.5 Å². The lowest BCUT2D eigenvalue weighted by Gasteiger charge is -1.97. The van der Waals surface area contributed by atoms with E-state index in [4.69, 9.17) is 16.3 Å². The molecule has 0 rings (SSSR count). The minimum atomic E-state index is -0.153. The average molecular weight is 491 g/mol. The van der Waals surface area contributed by atoms with Crippen molar-refractivity contribution in [3.8, 4) is 24.7 Å². The Morgan fingerprint density at radius 1 is 0.762 bits per heavy atom. The molecule has 0 radical (unpaired) electrons. The smallest absolute Gasteiger partial charge is 0.107 e. The van der Waals surface area contributed by atoms with Gasteiger partial charge in [0.15, 0.2) is 0 Å². The van der Waals surface area contributed by atoms with Gasteiger partial charge >= 0.3 is 0 Å². The van der Waals surface area contributed by atoms with Crippen LogP contribution >= 0.6 is 47.8 Å². The van der Waals surface area contributed by atoms with Gasteiger partial charge in [-0.25, -0.2) is 0 Å². The maximum Gasteiger partial charge on any atom is 0.107 e. The van der Waals surface area contributed by atoms with Crippen molar-refractivity contribution < 1.29 is 9.84 Å². The summed E-state index contributed by atoms with van der Waals surface area (Å²) in [6.07, 6.45) is 17.0. The summed E-state index contributed by atoms with van der Waals surface area (Å²) < 4.78 is 5.08. The molecule has 2 nitrogen and oxygen atoms in total. The first-order valence-electron chi connectivity index (χ1n) is 6.98. The van der Waals surface area contributed by atoms with E-state index in [-0.39, 0.29) is 6.61 Å². The molecule has 0 saturated carbocycles. The summed E-state index contributed by atoms with van der Waals surface area (Å²) in [5, 5.41) is 11.0. The molecule has 0 fully saturated rings. The maximum atomic E-state index is 7.64. The summed E-state index contributed by atoms with van der Waals surface area (Å²) in [5.41, 5.74) is 0. The normalized spacial score (nSPS) is 8.48. The highest BCUT2D eigenvalue weighted by Gasteiger charge is 1.86. The van der Waals surface area contributed by atoms with Gasteiger partial charge in [0, 0.05) is 22.6 Å². The molecule has 0 spiro atoms. The van der Waals surface area contributed by atoms with E-state index in [1.807, 2.05) is 5.92 Å². The number of halogens is 3. The van der Waals surface area contributed by atoms with Gasteiger partial charge in [-0.15, -0.1) is 12.8 Å². The van der Waals surface area contributed by atoms with Crippen LogP contribution in [0.4, 0.5) is 0 Å². The van der Waals surface area contributed by atoms with Crippen LogP contribution in [0.3, 0.4) is 0 Å². The van der Waals surface area contributed by atoms with Crippen molar-refractivity contribution in [1.29, 1.82) is 0 Å². The third-order valence-corrected chi connectivity index (χ3v) is 3.65. The van der Waals surface area contributed by atoms with Gasteiger partial charge in [0.1, 0.15) is 13.2 Å². The van der Waals surface area contributed by atoms with Crippen molar-refractivity contribution in [3.63, 3.8) is 0 Å². The van der Waals surface area contributed by atoms with E-state index in [1.54, 1.807) is 0 Å². The second-order valence-electron chi connectivity index (χ2n) is 3.81. The highest BCUT2D eigenvalue weighted by Crippen LogP contribution is 1.99. The number of alkyl halides is 3. The van der Waals surface area contributed by atoms with Gasteiger partial charge in [0.05, 0.1) is 0 Å². The molecule has 0 aromatic rings. The topological polar surface area (TPSA) is 29.5 Å². The van der Waals surface area contributed by atoms with Crippen molar-refractivity contribution in [3.05, 3.63) is 0 Å². The Bertz CT molecular complexity index is 231. The largest absolute Gasteiger partial charge is 0.384 e. The molecule has 21 heavy (non-hydrogen) atoms. The number of rotatable bonds is 10. The van der Waals surface area contributed by atoms with Crippen LogP contribution < -0.4 is 0 Å². The van der Waals surface area contributed by atoms with E-state index in [9.17, 15) is 0 Å². The molecule has 0 amide bonds. The zero-order valence-corrected chi connectivity index (χ0v) is 17.4. The molecular formula is C16H27Br3O2. The van der Waals surface area contributed by atoms with Crippen molar-refractivity contribution >= 4 is 47.8 Å². The second kappa shape index (κ2) is 32.4. The van der Waals surface area contributed by atoms with Crippen LogP contribution in [0.2, 0.25) is 0 Å². The summed E-state index contributed by atoms with van der Waals surface area (Å²) in [6, 6.07) is 0. The number of ether oxygens (including phenoxy) is 1. The molecule has 0 aromatic heterocycles. The number of hydrogen-bond acceptors (Lipinski definition) is 2. The number of hydrogen-bond donors (Lipinski definition) is 1. The van der Waals surface area contributed by atoms with Crippen molar-refractivity contribution in [2.24, 2.45) is 0 Å². The molecule has 1 N–H and O–H groups in total. The van der Waals surface area contributed by atoms with Crippen LogP contribution in [-0.2, 0) is 4.74 Å². The third-order valence-electron chi connectivity index (χ3n) is 1.97. The summed E-state index contributed by atoms with van der Waals surface area (Å²) in [5.74, 6) is 4.41. The van der Waals surface area contributed by atoms with Gasteiger partial charge < -0.3 is 9.84 Å². The molecule has 0 aliphatic carbocycles. The quantitative estimate of drug-likeness (QED) is 0.272. The summed E-state index contributed by atoms with van der Waals surface area (Å²) in [7, 11) is 0. The molecule has 0 bridgehead atoms. The van der Waals surface area contributed by atoms with E-state index in [0.717, 1.165) is 29.0 Å². The number of aliphatic hydroxyl groups is 1. The van der Waals surface area contributed by atoms with Crippen LogP contribution in [-0.4, -0.2) is 40.9 Å². The number of terminal acetylenes is 2. The summed E-state index contributed by atoms with van der Waals surface area (Å²) in [4.78, 5) is 0. The van der Waals surface area contributed by atoms with Crippen molar-refractivity contribution in [2.45, 2.75) is 38.5 Å². The Hall–Kier alpha value is 0.480. The lowest BCUT2D eigenvalue weighted by Crippen LogP contribution is -1.94. The molecular weight excluding hydrogens is 464 g/mol. The molecule has 124 valence electrons. The number of unbranched alkanes of at least 4 members (excludes halogenated alkanes) is 4. The van der Waals surface area contributed by atoms with E-state index in [1.165, 1.54) is 32.1 Å². The SMILES string of the molecule is BrCCCCCBr.C#CCO.C#CCOCCCCCBr. The first-order valence-corrected chi connectivity index (χ1v) is 10.3.